The van der Waals surface area contributed by atoms with Gasteiger partial charge in [-0.3, -0.25) is 0 Å². The number of hydrogen-bond donors (Lipinski definition) is 1. The number of hydrogen-bond acceptors (Lipinski definition) is 1. The van der Waals surface area contributed by atoms with Crippen molar-refractivity contribution in [1.29, 1.82) is 0 Å². The van der Waals surface area contributed by atoms with E-state index in [1.807, 2.05) is 0 Å². The molecule has 0 aliphatic carbocycles. The summed E-state index contributed by atoms with van der Waals surface area (Å²) in [6, 6.07) is 11.4. The number of benzene rings is 1. The fraction of sp³-hybridized carbons (Fsp3) is 0.625. The van der Waals surface area contributed by atoms with Crippen molar-refractivity contribution >= 4 is 0 Å². The van der Waals surface area contributed by atoms with Crippen LogP contribution < -0.4 is 5.32 Å². The SMILES string of the molecule is CCCCC(C)C(NCCC)c1ccccc1. The second-order valence-electron chi connectivity index (χ2n) is 4.96. The molecule has 1 N–H and O–H groups in total. The molecule has 0 radical (unpaired) electrons. The Labute approximate surface area is 107 Å². The standard InChI is InChI=1S/C16H27N/c1-4-6-10-14(3)16(17-13-5-2)15-11-8-7-9-12-15/h7-9,11-12,14,16-17H,4-6,10,13H2,1-3H3. The van der Waals surface area contributed by atoms with Gasteiger partial charge in [0.25, 0.3) is 0 Å². The minimum atomic E-state index is 0.516. The van der Waals surface area contributed by atoms with Gasteiger partial charge in [0.2, 0.25) is 0 Å². The largest absolute Gasteiger partial charge is 0.310 e. The van der Waals surface area contributed by atoms with Crippen LogP contribution in [-0.4, -0.2) is 6.54 Å². The van der Waals surface area contributed by atoms with E-state index in [0.29, 0.717) is 12.0 Å². The second kappa shape index (κ2) is 8.30. The third-order valence-electron chi connectivity index (χ3n) is 3.35. The first-order valence-corrected chi connectivity index (χ1v) is 7.07. The van der Waals surface area contributed by atoms with Crippen molar-refractivity contribution in [2.75, 3.05) is 6.54 Å². The van der Waals surface area contributed by atoms with Crippen LogP contribution in [0.2, 0.25) is 0 Å². The van der Waals surface area contributed by atoms with Gasteiger partial charge in [-0.2, -0.15) is 0 Å². The van der Waals surface area contributed by atoms with E-state index in [2.05, 4.69) is 56.4 Å². The monoisotopic (exact) mass is 233 g/mol. The highest BCUT2D eigenvalue weighted by Gasteiger charge is 2.17. The molecule has 96 valence electrons. The maximum absolute atomic E-state index is 3.69. The minimum Gasteiger partial charge on any atom is -0.310 e. The van der Waals surface area contributed by atoms with E-state index >= 15 is 0 Å². The Bertz CT molecular complexity index is 281. The normalized spacial score (nSPS) is 14.5. The Morgan fingerprint density at radius 3 is 2.35 bits per heavy atom. The van der Waals surface area contributed by atoms with Crippen LogP contribution in [0.4, 0.5) is 0 Å². The van der Waals surface area contributed by atoms with Crippen LogP contribution in [0.1, 0.15) is 58.1 Å². The van der Waals surface area contributed by atoms with Gasteiger partial charge < -0.3 is 5.32 Å². The maximum Gasteiger partial charge on any atom is 0.0346 e. The zero-order valence-corrected chi connectivity index (χ0v) is 11.6. The van der Waals surface area contributed by atoms with Crippen molar-refractivity contribution in [2.24, 2.45) is 5.92 Å². The summed E-state index contributed by atoms with van der Waals surface area (Å²) >= 11 is 0. The van der Waals surface area contributed by atoms with Crippen LogP contribution in [0.5, 0.6) is 0 Å². The first-order valence-electron chi connectivity index (χ1n) is 7.07. The molecule has 2 unspecified atom stereocenters. The van der Waals surface area contributed by atoms with E-state index in [4.69, 9.17) is 0 Å². The maximum atomic E-state index is 3.69. The molecule has 0 bridgehead atoms. The average molecular weight is 233 g/mol. The highest BCUT2D eigenvalue weighted by atomic mass is 14.9. The third-order valence-corrected chi connectivity index (χ3v) is 3.35. The molecule has 17 heavy (non-hydrogen) atoms. The zero-order valence-electron chi connectivity index (χ0n) is 11.6. The lowest BCUT2D eigenvalue weighted by atomic mass is 9.90. The topological polar surface area (TPSA) is 12.0 Å². The lowest BCUT2D eigenvalue weighted by molar-refractivity contribution is 0.357. The van der Waals surface area contributed by atoms with Crippen molar-refractivity contribution in [3.8, 4) is 0 Å². The smallest absolute Gasteiger partial charge is 0.0346 e. The van der Waals surface area contributed by atoms with Gasteiger partial charge in [-0.15, -0.1) is 0 Å². The predicted octanol–water partition coefficient (Wildman–Crippen LogP) is 4.55. The van der Waals surface area contributed by atoms with Crippen molar-refractivity contribution in [1.82, 2.24) is 5.32 Å². The molecule has 1 heteroatoms. The van der Waals surface area contributed by atoms with Gasteiger partial charge in [0.1, 0.15) is 0 Å². The zero-order chi connectivity index (χ0) is 12.5. The molecule has 0 aromatic heterocycles. The Kier molecular flexibility index (Phi) is 6.95. The lowest BCUT2D eigenvalue weighted by Crippen LogP contribution is -2.27. The van der Waals surface area contributed by atoms with E-state index in [1.165, 1.54) is 31.2 Å². The van der Waals surface area contributed by atoms with Crippen LogP contribution in [0.25, 0.3) is 0 Å². The quantitative estimate of drug-likeness (QED) is 0.694. The summed E-state index contributed by atoms with van der Waals surface area (Å²) in [6.45, 7) is 7.97. The van der Waals surface area contributed by atoms with E-state index in [-0.39, 0.29) is 0 Å². The van der Waals surface area contributed by atoms with Crippen LogP contribution in [0.15, 0.2) is 30.3 Å². The molecule has 0 amide bonds. The highest BCUT2D eigenvalue weighted by molar-refractivity contribution is 5.19. The molecule has 1 rings (SSSR count). The average Bonchev–Trinajstić information content (AvgIpc) is 2.38. The summed E-state index contributed by atoms with van der Waals surface area (Å²) in [5.41, 5.74) is 1.43. The molecule has 0 spiro atoms. The van der Waals surface area contributed by atoms with Crippen LogP contribution >= 0.6 is 0 Å². The van der Waals surface area contributed by atoms with Gasteiger partial charge in [0.05, 0.1) is 0 Å². The molecule has 2 atom stereocenters. The molecule has 1 aromatic rings. The Morgan fingerprint density at radius 2 is 1.76 bits per heavy atom. The predicted molar refractivity (Wildman–Crippen MR) is 76.2 cm³/mol. The second-order valence-corrected chi connectivity index (χ2v) is 4.96. The van der Waals surface area contributed by atoms with Crippen molar-refractivity contribution in [2.45, 2.75) is 52.5 Å². The molecule has 0 aliphatic heterocycles. The van der Waals surface area contributed by atoms with Gasteiger partial charge in [0.15, 0.2) is 0 Å². The lowest BCUT2D eigenvalue weighted by Gasteiger charge is -2.25. The van der Waals surface area contributed by atoms with Gasteiger partial charge in [-0.05, 0) is 30.9 Å². The molecule has 0 fully saturated rings. The molecule has 1 aromatic carbocycles. The van der Waals surface area contributed by atoms with Crippen LogP contribution in [0.3, 0.4) is 0 Å². The van der Waals surface area contributed by atoms with Gasteiger partial charge in [0, 0.05) is 6.04 Å². The Morgan fingerprint density at radius 1 is 1.06 bits per heavy atom. The van der Waals surface area contributed by atoms with Gasteiger partial charge in [-0.25, -0.2) is 0 Å². The molecule has 0 heterocycles. The van der Waals surface area contributed by atoms with Crippen LogP contribution in [0, 0.1) is 5.92 Å². The fourth-order valence-corrected chi connectivity index (χ4v) is 2.30. The molecule has 0 aliphatic rings. The Balaban J connectivity index is 2.66. The van der Waals surface area contributed by atoms with Gasteiger partial charge in [-0.1, -0.05) is 63.9 Å². The summed E-state index contributed by atoms with van der Waals surface area (Å²) in [5, 5.41) is 3.69. The molecular weight excluding hydrogens is 206 g/mol. The van der Waals surface area contributed by atoms with Crippen molar-refractivity contribution < 1.29 is 0 Å². The summed E-state index contributed by atoms with van der Waals surface area (Å²) in [6.07, 6.45) is 5.13. The van der Waals surface area contributed by atoms with Gasteiger partial charge >= 0.3 is 0 Å². The van der Waals surface area contributed by atoms with E-state index in [9.17, 15) is 0 Å². The molecular formula is C16H27N. The minimum absolute atomic E-state index is 0.516. The summed E-state index contributed by atoms with van der Waals surface area (Å²) < 4.78 is 0. The summed E-state index contributed by atoms with van der Waals surface area (Å²) in [4.78, 5) is 0. The highest BCUT2D eigenvalue weighted by Crippen LogP contribution is 2.25. The van der Waals surface area contributed by atoms with E-state index in [1.54, 1.807) is 0 Å². The van der Waals surface area contributed by atoms with Crippen LogP contribution in [-0.2, 0) is 0 Å². The molecule has 0 saturated carbocycles. The summed E-state index contributed by atoms with van der Waals surface area (Å²) in [5.74, 6) is 0.712. The summed E-state index contributed by atoms with van der Waals surface area (Å²) in [7, 11) is 0. The van der Waals surface area contributed by atoms with E-state index in [0.717, 1.165) is 6.54 Å². The molecule has 1 nitrogen and oxygen atoms in total. The number of unbranched alkanes of at least 4 members (excludes halogenated alkanes) is 1. The first-order chi connectivity index (χ1) is 8.29. The molecule has 0 saturated heterocycles. The van der Waals surface area contributed by atoms with Crippen molar-refractivity contribution in [3.05, 3.63) is 35.9 Å². The third kappa shape index (κ3) is 4.91. The number of nitrogens with one attached hydrogen (secondary N) is 1. The first kappa shape index (κ1) is 14.2. The fourth-order valence-electron chi connectivity index (χ4n) is 2.30. The number of rotatable bonds is 8. The van der Waals surface area contributed by atoms with E-state index < -0.39 is 0 Å². The van der Waals surface area contributed by atoms with Crippen molar-refractivity contribution in [3.63, 3.8) is 0 Å². The Hall–Kier alpha value is -0.820.